The molecule has 0 saturated carbocycles. The zero-order chi connectivity index (χ0) is 14.7. The maximum atomic E-state index is 9.75. The lowest BCUT2D eigenvalue weighted by molar-refractivity contribution is -0.383. The van der Waals surface area contributed by atoms with E-state index in [4.69, 9.17) is 11.6 Å². The molecule has 0 atom stereocenters. The molecule has 8 heteroatoms. The molecule has 1 aromatic carbocycles. The van der Waals surface area contributed by atoms with Gasteiger partial charge in [0.2, 0.25) is 6.20 Å². The molecule has 0 aliphatic carbocycles. The summed E-state index contributed by atoms with van der Waals surface area (Å²) >= 11 is 5.82. The third kappa shape index (κ3) is 12.7. The summed E-state index contributed by atoms with van der Waals surface area (Å²) in [6, 6.07) is 7.91. The Bertz CT molecular complexity index is 413. The van der Waals surface area contributed by atoms with Gasteiger partial charge < -0.3 is 21.7 Å². The van der Waals surface area contributed by atoms with Crippen LogP contribution in [0.4, 0.5) is 17.3 Å². The van der Waals surface area contributed by atoms with Gasteiger partial charge in [0.05, 0.1) is 0 Å². The van der Waals surface area contributed by atoms with Crippen LogP contribution in [0.2, 0.25) is 5.02 Å². The van der Waals surface area contributed by atoms with Crippen LogP contribution in [0.3, 0.4) is 0 Å². The predicted molar refractivity (Wildman–Crippen MR) is 66.3 cm³/mol. The highest BCUT2D eigenvalue weighted by atomic mass is 35.5. The first-order valence-corrected chi connectivity index (χ1v) is 5.71. The predicted octanol–water partition coefficient (Wildman–Crippen LogP) is 4.30. The maximum Gasteiger partial charge on any atom is 0.673 e. The van der Waals surface area contributed by atoms with Gasteiger partial charge in [-0.15, -0.1) is 0 Å². The average molecular weight is 297 g/mol. The van der Waals surface area contributed by atoms with Crippen molar-refractivity contribution in [2.75, 3.05) is 0 Å². The van der Waals surface area contributed by atoms with E-state index in [-0.39, 0.29) is 0 Å². The molecule has 0 aliphatic heterocycles. The fourth-order valence-corrected chi connectivity index (χ4v) is 1.25. The first kappa shape index (κ1) is 17.5. The van der Waals surface area contributed by atoms with E-state index in [2.05, 4.69) is 16.3 Å². The molecule has 0 aliphatic rings. The SMILES string of the molecule is CCc1ccccc1Cl.F[B-](F)(F)F.c1coc[nH+]1. The van der Waals surface area contributed by atoms with Crippen molar-refractivity contribution < 1.29 is 26.7 Å². The van der Waals surface area contributed by atoms with Gasteiger partial charge in [-0.25, -0.2) is 0 Å². The highest BCUT2D eigenvalue weighted by molar-refractivity contribution is 6.50. The van der Waals surface area contributed by atoms with Crippen molar-refractivity contribution in [3.63, 3.8) is 0 Å². The molecule has 0 amide bonds. The lowest BCUT2D eigenvalue weighted by Crippen LogP contribution is -2.02. The summed E-state index contributed by atoms with van der Waals surface area (Å²) in [5, 5.41) is 0.875. The Labute approximate surface area is 113 Å². The van der Waals surface area contributed by atoms with Gasteiger partial charge >= 0.3 is 13.6 Å². The van der Waals surface area contributed by atoms with Gasteiger partial charge in [0.15, 0.2) is 6.26 Å². The summed E-state index contributed by atoms with van der Waals surface area (Å²) in [6.45, 7) is 2.10. The molecule has 0 spiro atoms. The molecule has 2 nitrogen and oxygen atoms in total. The van der Waals surface area contributed by atoms with E-state index in [1.807, 2.05) is 24.3 Å². The molecule has 1 aromatic heterocycles. The summed E-state index contributed by atoms with van der Waals surface area (Å²) in [6.07, 6.45) is 5.79. The van der Waals surface area contributed by atoms with Crippen molar-refractivity contribution in [3.05, 3.63) is 53.7 Å². The number of halogens is 5. The van der Waals surface area contributed by atoms with Crippen molar-refractivity contribution >= 4 is 18.9 Å². The monoisotopic (exact) mass is 297 g/mol. The molecule has 0 radical (unpaired) electrons. The van der Waals surface area contributed by atoms with Crippen molar-refractivity contribution in [3.8, 4) is 0 Å². The summed E-state index contributed by atoms with van der Waals surface area (Å²) in [5.41, 5.74) is 1.22. The third-order valence-corrected chi connectivity index (χ3v) is 2.09. The van der Waals surface area contributed by atoms with Gasteiger partial charge in [-0.3, -0.25) is 0 Å². The number of aryl methyl sites for hydroxylation is 1. The molecule has 0 unspecified atom stereocenters. The molecule has 0 saturated heterocycles. The van der Waals surface area contributed by atoms with Crippen LogP contribution in [-0.2, 0) is 6.42 Å². The van der Waals surface area contributed by atoms with Crippen molar-refractivity contribution in [1.29, 1.82) is 0 Å². The van der Waals surface area contributed by atoms with E-state index in [0.29, 0.717) is 0 Å². The maximum absolute atomic E-state index is 9.75. The first-order valence-electron chi connectivity index (χ1n) is 5.33. The number of oxazole rings is 1. The molecule has 106 valence electrons. The fourth-order valence-electron chi connectivity index (χ4n) is 0.982. The van der Waals surface area contributed by atoms with Gasteiger partial charge in [0, 0.05) is 5.02 Å². The first-order chi connectivity index (χ1) is 8.84. The van der Waals surface area contributed by atoms with Crippen LogP contribution in [0.5, 0.6) is 0 Å². The van der Waals surface area contributed by atoms with Crippen LogP contribution in [0.15, 0.2) is 47.5 Å². The van der Waals surface area contributed by atoms with Gasteiger partial charge in [-0.1, -0.05) is 36.7 Å². The molecule has 2 aromatic rings. The standard InChI is InChI=1S/C8H9Cl.C3H3NO.BF4/c1-2-7-5-3-4-6-8(7)9;1-2-5-3-4-1;2-1(3,4)5/h3-6H,2H2,1H3;1-3H;/q;;-1/p+1. The van der Waals surface area contributed by atoms with Gasteiger partial charge in [-0.05, 0) is 18.1 Å². The number of rotatable bonds is 1. The highest BCUT2D eigenvalue weighted by Crippen LogP contribution is 2.14. The van der Waals surface area contributed by atoms with Crippen molar-refractivity contribution in [2.45, 2.75) is 13.3 Å². The average Bonchev–Trinajstić information content (AvgIpc) is 2.86. The normalized spacial score (nSPS) is 9.79. The fraction of sp³-hybridized carbons (Fsp3) is 0.182. The van der Waals surface area contributed by atoms with Crippen LogP contribution in [0, 0.1) is 0 Å². The zero-order valence-corrected chi connectivity index (χ0v) is 10.9. The number of aromatic amines is 1. The van der Waals surface area contributed by atoms with E-state index in [1.165, 1.54) is 12.0 Å². The molecule has 0 bridgehead atoms. The Morgan fingerprint density at radius 3 is 2.05 bits per heavy atom. The quantitative estimate of drug-likeness (QED) is 0.569. The van der Waals surface area contributed by atoms with Gasteiger partial charge in [-0.2, -0.15) is 4.98 Å². The lowest BCUT2D eigenvalue weighted by atomic mass is 10.2. The van der Waals surface area contributed by atoms with Crippen LogP contribution < -0.4 is 4.98 Å². The largest absolute Gasteiger partial charge is 0.673 e. The van der Waals surface area contributed by atoms with Crippen LogP contribution in [-0.4, -0.2) is 7.25 Å². The topological polar surface area (TPSA) is 27.3 Å². The third-order valence-electron chi connectivity index (χ3n) is 1.72. The van der Waals surface area contributed by atoms with E-state index < -0.39 is 7.25 Å². The van der Waals surface area contributed by atoms with Crippen molar-refractivity contribution in [1.82, 2.24) is 0 Å². The highest BCUT2D eigenvalue weighted by Gasteiger charge is 2.20. The van der Waals surface area contributed by atoms with Crippen LogP contribution >= 0.6 is 11.6 Å². The molecule has 2 rings (SSSR count). The molecule has 19 heavy (non-hydrogen) atoms. The minimum absolute atomic E-state index is 0.875. The molecule has 1 N–H and O–H groups in total. The second kappa shape index (κ2) is 9.44. The Balaban J connectivity index is 0.000000278. The summed E-state index contributed by atoms with van der Waals surface area (Å²) in [7, 11) is -6.00. The molecule has 0 fully saturated rings. The zero-order valence-electron chi connectivity index (χ0n) is 10.1. The van der Waals surface area contributed by atoms with E-state index in [9.17, 15) is 17.3 Å². The summed E-state index contributed by atoms with van der Waals surface area (Å²) in [5.74, 6) is 0. The number of H-pyrrole nitrogens is 1. The lowest BCUT2D eigenvalue weighted by Gasteiger charge is -1.96. The van der Waals surface area contributed by atoms with E-state index >= 15 is 0 Å². The summed E-state index contributed by atoms with van der Waals surface area (Å²) in [4.78, 5) is 2.69. The van der Waals surface area contributed by atoms with Gasteiger partial charge in [0.25, 0.3) is 0 Å². The Kier molecular flexibility index (Phi) is 8.69. The number of hydrogen-bond acceptors (Lipinski definition) is 1. The number of nitrogens with one attached hydrogen (secondary N) is 1. The van der Waals surface area contributed by atoms with E-state index in [0.717, 1.165) is 11.4 Å². The van der Waals surface area contributed by atoms with Crippen molar-refractivity contribution in [2.24, 2.45) is 0 Å². The minimum atomic E-state index is -6.00. The summed E-state index contributed by atoms with van der Waals surface area (Å²) < 4.78 is 43.5. The molecule has 1 heterocycles. The van der Waals surface area contributed by atoms with Crippen LogP contribution in [0.25, 0.3) is 0 Å². The Hall–Kier alpha value is -1.50. The number of hydrogen-bond donors (Lipinski definition) is 0. The smallest absolute Gasteiger partial charge is 0.418 e. The molecular weight excluding hydrogens is 284 g/mol. The van der Waals surface area contributed by atoms with Gasteiger partial charge in [0.1, 0.15) is 0 Å². The molecular formula is C11H13BClF4NO. The minimum Gasteiger partial charge on any atom is -0.418 e. The van der Waals surface area contributed by atoms with E-state index in [1.54, 1.807) is 12.5 Å². The number of aromatic nitrogens is 1. The second-order valence-corrected chi connectivity index (χ2v) is 3.57. The Morgan fingerprint density at radius 2 is 1.79 bits per heavy atom. The Morgan fingerprint density at radius 1 is 1.21 bits per heavy atom. The van der Waals surface area contributed by atoms with Crippen LogP contribution in [0.1, 0.15) is 12.5 Å². The number of benzene rings is 1. The second-order valence-electron chi connectivity index (χ2n) is 3.16.